The standard InChI is InChI=1S/C37H63NO8/c1-21-18-23(30(32(5,6)42)44-22(2)40)45-28-27(21)33(7)14-15-36-20-37(36)13-11-25(46-26(19-39)43-17-16-38)31(3,4)34(37,8)12-10-24(36)35(33,9)29(28)41/h21,23-30,39,41-42H,10-20,38H2,1-9H3/t21-,23-,24+,25+,26+,27+,28+,29+,30+,33-,34+,35-,36+,37-/m1/s1. The quantitative estimate of drug-likeness (QED) is 0.209. The molecular weight excluding hydrogens is 586 g/mol. The van der Waals surface area contributed by atoms with Gasteiger partial charge in [-0.3, -0.25) is 4.79 Å². The summed E-state index contributed by atoms with van der Waals surface area (Å²) in [5.74, 6) is 0.378. The van der Waals surface area contributed by atoms with E-state index >= 15 is 0 Å². The highest BCUT2D eigenvalue weighted by Crippen LogP contribution is 2.92. The van der Waals surface area contributed by atoms with Crippen LogP contribution in [-0.2, 0) is 23.7 Å². The summed E-state index contributed by atoms with van der Waals surface area (Å²) in [6, 6.07) is 0. The van der Waals surface area contributed by atoms with Crippen LogP contribution in [0, 0.1) is 50.2 Å². The van der Waals surface area contributed by atoms with Crippen molar-refractivity contribution in [2.45, 2.75) is 156 Å². The fourth-order valence-corrected chi connectivity index (χ4v) is 13.5. The van der Waals surface area contributed by atoms with Crippen molar-refractivity contribution in [2.24, 2.45) is 56.0 Å². The molecule has 5 saturated carbocycles. The van der Waals surface area contributed by atoms with Gasteiger partial charge < -0.3 is 40.0 Å². The van der Waals surface area contributed by atoms with Gasteiger partial charge in [-0.2, -0.15) is 0 Å². The van der Waals surface area contributed by atoms with Crippen molar-refractivity contribution in [1.82, 2.24) is 0 Å². The van der Waals surface area contributed by atoms with E-state index in [1.807, 2.05) is 0 Å². The number of carbonyl (C=O) groups is 1. The smallest absolute Gasteiger partial charge is 0.303 e. The molecule has 0 aromatic rings. The molecule has 0 unspecified atom stereocenters. The molecule has 9 nitrogen and oxygen atoms in total. The number of aliphatic hydroxyl groups is 3. The second kappa shape index (κ2) is 11.1. The highest BCUT2D eigenvalue weighted by Gasteiger charge is 2.87. The van der Waals surface area contributed by atoms with Gasteiger partial charge in [-0.05, 0) is 110 Å². The first-order valence-electron chi connectivity index (χ1n) is 18.1. The molecule has 0 amide bonds. The van der Waals surface area contributed by atoms with Gasteiger partial charge in [0.25, 0.3) is 0 Å². The van der Waals surface area contributed by atoms with Crippen LogP contribution in [0.1, 0.15) is 114 Å². The first kappa shape index (κ1) is 35.0. The number of nitrogens with two attached hydrogens (primary N) is 1. The lowest BCUT2D eigenvalue weighted by Crippen LogP contribution is -2.63. The molecule has 2 spiro atoms. The van der Waals surface area contributed by atoms with Gasteiger partial charge in [-0.1, -0.05) is 41.5 Å². The molecule has 14 atom stereocenters. The van der Waals surface area contributed by atoms with Gasteiger partial charge in [-0.25, -0.2) is 0 Å². The Kier molecular flexibility index (Phi) is 8.45. The van der Waals surface area contributed by atoms with E-state index in [0.717, 1.165) is 32.1 Å². The molecule has 6 rings (SSSR count). The van der Waals surface area contributed by atoms with Crippen LogP contribution in [0.25, 0.3) is 0 Å². The molecule has 1 heterocycles. The molecule has 0 aromatic carbocycles. The maximum Gasteiger partial charge on any atom is 0.303 e. The molecule has 6 aliphatic rings. The van der Waals surface area contributed by atoms with Crippen molar-refractivity contribution < 1.29 is 39.1 Å². The van der Waals surface area contributed by atoms with E-state index < -0.39 is 36.2 Å². The predicted molar refractivity (Wildman–Crippen MR) is 173 cm³/mol. The van der Waals surface area contributed by atoms with Crippen LogP contribution in [0.3, 0.4) is 0 Å². The minimum atomic E-state index is -1.27. The van der Waals surface area contributed by atoms with E-state index in [2.05, 4.69) is 41.5 Å². The molecular formula is C37H63NO8. The topological polar surface area (TPSA) is 141 Å². The first-order chi connectivity index (χ1) is 21.3. The fourth-order valence-electron chi connectivity index (χ4n) is 13.5. The molecule has 5 aliphatic carbocycles. The third-order valence-electron chi connectivity index (χ3n) is 16.0. The van der Waals surface area contributed by atoms with Gasteiger partial charge in [0.15, 0.2) is 12.4 Å². The molecule has 46 heavy (non-hydrogen) atoms. The van der Waals surface area contributed by atoms with Crippen LogP contribution in [-0.4, -0.2) is 83.5 Å². The molecule has 1 saturated heterocycles. The van der Waals surface area contributed by atoms with E-state index in [1.54, 1.807) is 13.8 Å². The lowest BCUT2D eigenvalue weighted by molar-refractivity contribution is -0.263. The molecule has 1 aliphatic heterocycles. The minimum Gasteiger partial charge on any atom is -0.457 e. The average Bonchev–Trinajstić information content (AvgIpc) is 3.61. The molecule has 0 radical (unpaired) electrons. The van der Waals surface area contributed by atoms with Gasteiger partial charge in [0, 0.05) is 18.9 Å². The van der Waals surface area contributed by atoms with Gasteiger partial charge in [0.1, 0.15) is 0 Å². The minimum absolute atomic E-state index is 0.0243. The Hall–Kier alpha value is -0.810. The van der Waals surface area contributed by atoms with Crippen molar-refractivity contribution >= 4 is 5.97 Å². The monoisotopic (exact) mass is 649 g/mol. The number of rotatable bonds is 9. The van der Waals surface area contributed by atoms with Crippen molar-refractivity contribution in [3.63, 3.8) is 0 Å². The zero-order valence-corrected chi connectivity index (χ0v) is 29.9. The van der Waals surface area contributed by atoms with Crippen LogP contribution in [0.4, 0.5) is 0 Å². The summed E-state index contributed by atoms with van der Waals surface area (Å²) in [7, 11) is 0. The second-order valence-electron chi connectivity index (χ2n) is 18.2. The Balaban J connectivity index is 1.29. The molecule has 6 fully saturated rings. The summed E-state index contributed by atoms with van der Waals surface area (Å²) in [6.07, 6.45) is 5.27. The lowest BCUT2D eigenvalue weighted by Gasteiger charge is -2.67. The normalized spacial score (nSPS) is 50.2. The Labute approximate surface area is 276 Å². The van der Waals surface area contributed by atoms with Crippen LogP contribution in [0.15, 0.2) is 0 Å². The number of esters is 1. The summed E-state index contributed by atoms with van der Waals surface area (Å²) < 4.78 is 24.8. The Bertz CT molecular complexity index is 1190. The maximum atomic E-state index is 12.6. The number of carbonyl (C=O) groups excluding carboxylic acids is 1. The largest absolute Gasteiger partial charge is 0.457 e. The van der Waals surface area contributed by atoms with Gasteiger partial charge in [-0.15, -0.1) is 0 Å². The fraction of sp³-hybridized carbons (Fsp3) is 0.973. The van der Waals surface area contributed by atoms with Crippen molar-refractivity contribution in [3.8, 4) is 0 Å². The molecule has 5 N–H and O–H groups in total. The number of hydrogen-bond acceptors (Lipinski definition) is 9. The van der Waals surface area contributed by atoms with Gasteiger partial charge in [0.2, 0.25) is 0 Å². The third kappa shape index (κ3) is 4.40. The SMILES string of the molecule is CC(=O)O[C@@H]([C@H]1C[C@@H](C)[C@H]2[C@H](O1)[C@H](O)[C@@]1(C)[C@@H]3CC[C@@]4(C)C(C)(C)[C@@H](O[C@@H](CO)OCCN)CC[C@@]45C[C@@]35CC[C@]21C)C(C)(C)O. The van der Waals surface area contributed by atoms with Crippen LogP contribution >= 0.6 is 0 Å². The number of hydrogen-bond donors (Lipinski definition) is 4. The number of ether oxygens (including phenoxy) is 4. The zero-order valence-electron chi connectivity index (χ0n) is 29.9. The van der Waals surface area contributed by atoms with Gasteiger partial charge >= 0.3 is 5.97 Å². The molecule has 264 valence electrons. The summed E-state index contributed by atoms with van der Waals surface area (Å²) in [5, 5.41) is 33.6. The lowest BCUT2D eigenvalue weighted by atomic mass is 9.38. The zero-order chi connectivity index (χ0) is 33.9. The Morgan fingerprint density at radius 2 is 1.78 bits per heavy atom. The van der Waals surface area contributed by atoms with Gasteiger partial charge in [0.05, 0.1) is 43.2 Å². The van der Waals surface area contributed by atoms with E-state index in [-0.39, 0.29) is 63.1 Å². The molecule has 0 bridgehead atoms. The highest BCUT2D eigenvalue weighted by molar-refractivity contribution is 5.66. The van der Waals surface area contributed by atoms with Crippen molar-refractivity contribution in [1.29, 1.82) is 0 Å². The average molecular weight is 650 g/mol. The second-order valence-corrected chi connectivity index (χ2v) is 18.2. The van der Waals surface area contributed by atoms with Crippen molar-refractivity contribution in [3.05, 3.63) is 0 Å². The summed E-state index contributed by atoms with van der Waals surface area (Å²) in [5.41, 5.74) is 4.26. The summed E-state index contributed by atoms with van der Waals surface area (Å²) in [4.78, 5) is 12.1. The van der Waals surface area contributed by atoms with Crippen LogP contribution < -0.4 is 5.73 Å². The number of aliphatic hydroxyl groups excluding tert-OH is 2. The maximum absolute atomic E-state index is 12.6. The Morgan fingerprint density at radius 1 is 1.09 bits per heavy atom. The third-order valence-corrected chi connectivity index (χ3v) is 16.0. The van der Waals surface area contributed by atoms with Crippen LogP contribution in [0.5, 0.6) is 0 Å². The first-order valence-corrected chi connectivity index (χ1v) is 18.1. The molecule has 9 heteroatoms. The van der Waals surface area contributed by atoms with E-state index in [9.17, 15) is 20.1 Å². The predicted octanol–water partition coefficient (Wildman–Crippen LogP) is 4.57. The Morgan fingerprint density at radius 3 is 2.39 bits per heavy atom. The van der Waals surface area contributed by atoms with E-state index in [4.69, 9.17) is 24.7 Å². The van der Waals surface area contributed by atoms with E-state index in [0.29, 0.717) is 25.5 Å². The van der Waals surface area contributed by atoms with Crippen molar-refractivity contribution in [2.75, 3.05) is 19.8 Å². The highest BCUT2D eigenvalue weighted by atomic mass is 16.7. The summed E-state index contributed by atoms with van der Waals surface area (Å²) in [6.45, 7) is 19.6. The number of fused-ring (bicyclic) bond motifs is 4. The van der Waals surface area contributed by atoms with Crippen LogP contribution in [0.2, 0.25) is 0 Å². The molecule has 0 aromatic heterocycles. The van der Waals surface area contributed by atoms with E-state index in [1.165, 1.54) is 19.8 Å². The summed E-state index contributed by atoms with van der Waals surface area (Å²) >= 11 is 0.